The molecule has 1 aliphatic rings. The van der Waals surface area contributed by atoms with E-state index in [1.807, 2.05) is 0 Å². The van der Waals surface area contributed by atoms with Crippen molar-refractivity contribution >= 4 is 34.1 Å². The van der Waals surface area contributed by atoms with Crippen molar-refractivity contribution in [2.45, 2.75) is 69.7 Å². The normalized spacial score (nSPS) is 16.5. The molecule has 1 atom stereocenters. The first-order chi connectivity index (χ1) is 14.7. The molecular formula is C23H34N4O2S2. The van der Waals surface area contributed by atoms with Crippen LogP contribution in [0.4, 0.5) is 5.13 Å². The first-order valence-electron chi connectivity index (χ1n) is 10.9. The number of ether oxygens (including phenoxy) is 1. The van der Waals surface area contributed by atoms with E-state index < -0.39 is 0 Å². The lowest BCUT2D eigenvalue weighted by atomic mass is 9.83. The molecule has 1 unspecified atom stereocenters. The van der Waals surface area contributed by atoms with Crippen molar-refractivity contribution in [3.63, 3.8) is 0 Å². The summed E-state index contributed by atoms with van der Waals surface area (Å²) >= 11 is 2.91. The van der Waals surface area contributed by atoms with E-state index in [4.69, 9.17) is 4.74 Å². The van der Waals surface area contributed by atoms with Gasteiger partial charge in [0.05, 0.1) is 11.9 Å². The predicted molar refractivity (Wildman–Crippen MR) is 129 cm³/mol. The molecular weight excluding hydrogens is 428 g/mol. The topological polar surface area (TPSA) is 76.1 Å². The second kappa shape index (κ2) is 10.8. The maximum Gasteiger partial charge on any atom is 0.230 e. The van der Waals surface area contributed by atoms with Gasteiger partial charge >= 0.3 is 0 Å². The Bertz CT molecular complexity index is 863. The van der Waals surface area contributed by atoms with Crippen molar-refractivity contribution in [1.82, 2.24) is 15.5 Å². The highest BCUT2D eigenvalue weighted by atomic mass is 32.2. The second-order valence-electron chi connectivity index (χ2n) is 9.12. The Kier molecular flexibility index (Phi) is 8.36. The van der Waals surface area contributed by atoms with Crippen LogP contribution in [0, 0.1) is 13.8 Å². The Morgan fingerprint density at radius 3 is 2.65 bits per heavy atom. The minimum Gasteiger partial charge on any atom is -0.376 e. The molecule has 0 radical (unpaired) electrons. The average Bonchev–Trinajstić information content (AvgIpc) is 3.37. The molecule has 3 rings (SSSR count). The fourth-order valence-corrected chi connectivity index (χ4v) is 5.26. The summed E-state index contributed by atoms with van der Waals surface area (Å²) in [5, 5.41) is 15.4. The van der Waals surface area contributed by atoms with Crippen molar-refractivity contribution in [1.29, 1.82) is 0 Å². The minimum absolute atomic E-state index is 0.0238. The lowest BCUT2D eigenvalue weighted by molar-refractivity contribution is -0.118. The number of thioether (sulfide) groups is 1. The summed E-state index contributed by atoms with van der Waals surface area (Å²) in [5.41, 5.74) is 5.42. The molecule has 1 amide bonds. The van der Waals surface area contributed by atoms with Gasteiger partial charge in [-0.25, -0.2) is 0 Å². The maximum atomic E-state index is 12.3. The van der Waals surface area contributed by atoms with E-state index in [0.29, 0.717) is 12.3 Å². The third kappa shape index (κ3) is 7.19. The van der Waals surface area contributed by atoms with E-state index in [0.717, 1.165) is 41.9 Å². The van der Waals surface area contributed by atoms with Crippen LogP contribution in [0.3, 0.4) is 0 Å². The maximum absolute atomic E-state index is 12.3. The smallest absolute Gasteiger partial charge is 0.230 e. The van der Waals surface area contributed by atoms with E-state index in [1.54, 1.807) is 0 Å². The summed E-state index contributed by atoms with van der Waals surface area (Å²) in [4.78, 5) is 12.3. The van der Waals surface area contributed by atoms with Crippen molar-refractivity contribution in [2.24, 2.45) is 0 Å². The molecule has 0 spiro atoms. The Hall–Kier alpha value is -1.64. The highest BCUT2D eigenvalue weighted by Gasteiger charge is 2.17. The Labute approximate surface area is 194 Å². The van der Waals surface area contributed by atoms with Crippen LogP contribution in [-0.2, 0) is 21.4 Å². The zero-order valence-corrected chi connectivity index (χ0v) is 20.8. The minimum atomic E-state index is 0.0238. The molecule has 1 aromatic carbocycles. The number of carbonyl (C=O) groups is 1. The molecule has 170 valence electrons. The van der Waals surface area contributed by atoms with Crippen LogP contribution in [0.2, 0.25) is 0 Å². The molecule has 2 aromatic rings. The highest BCUT2D eigenvalue weighted by molar-refractivity contribution is 8.01. The fraction of sp³-hybridized carbons (Fsp3) is 0.609. The van der Waals surface area contributed by atoms with Gasteiger partial charge in [0.2, 0.25) is 11.0 Å². The molecule has 1 aliphatic heterocycles. The van der Waals surface area contributed by atoms with Gasteiger partial charge in [-0.3, -0.25) is 4.79 Å². The molecule has 6 nitrogen and oxygen atoms in total. The zero-order valence-electron chi connectivity index (χ0n) is 19.2. The molecule has 1 aromatic heterocycles. The standard InChI is InChI=1S/C23H34N4O2S2/c1-15-11-17(23(3,4)5)12-16(2)19(15)8-9-24-20(28)14-30-22-27-26-21(31-22)25-13-18-7-6-10-29-18/h11-12,18H,6-10,13-14H2,1-5H3,(H,24,28)(H,25,26). The summed E-state index contributed by atoms with van der Waals surface area (Å²) in [7, 11) is 0. The number of carbonyl (C=O) groups excluding carboxylic acids is 1. The molecule has 0 aliphatic carbocycles. The number of amides is 1. The van der Waals surface area contributed by atoms with Gasteiger partial charge in [0.15, 0.2) is 4.34 Å². The largest absolute Gasteiger partial charge is 0.376 e. The van der Waals surface area contributed by atoms with E-state index >= 15 is 0 Å². The summed E-state index contributed by atoms with van der Waals surface area (Å²) in [5.74, 6) is 0.372. The second-order valence-corrected chi connectivity index (χ2v) is 11.3. The number of aryl methyl sites for hydroxylation is 2. The van der Waals surface area contributed by atoms with Gasteiger partial charge in [-0.1, -0.05) is 56.0 Å². The first-order valence-corrected chi connectivity index (χ1v) is 12.7. The fourth-order valence-electron chi connectivity index (χ4n) is 3.67. The van der Waals surface area contributed by atoms with Crippen LogP contribution in [0.5, 0.6) is 0 Å². The molecule has 0 bridgehead atoms. The van der Waals surface area contributed by atoms with Crippen LogP contribution in [0.25, 0.3) is 0 Å². The van der Waals surface area contributed by atoms with Crippen LogP contribution < -0.4 is 10.6 Å². The lowest BCUT2D eigenvalue weighted by Gasteiger charge is -2.22. The van der Waals surface area contributed by atoms with Crippen molar-refractivity contribution in [3.8, 4) is 0 Å². The monoisotopic (exact) mass is 462 g/mol. The quantitative estimate of drug-likeness (QED) is 0.535. The molecule has 2 heterocycles. The highest BCUT2D eigenvalue weighted by Crippen LogP contribution is 2.27. The van der Waals surface area contributed by atoms with Crippen molar-refractivity contribution in [3.05, 3.63) is 34.4 Å². The molecule has 31 heavy (non-hydrogen) atoms. The Balaban J connectivity index is 1.40. The van der Waals surface area contributed by atoms with Gasteiger partial charge in [-0.05, 0) is 60.8 Å². The van der Waals surface area contributed by atoms with Crippen molar-refractivity contribution in [2.75, 3.05) is 30.8 Å². The van der Waals surface area contributed by atoms with Gasteiger partial charge in [0, 0.05) is 19.7 Å². The SMILES string of the molecule is Cc1cc(C(C)(C)C)cc(C)c1CCNC(=O)CSc1nnc(NCC2CCCO2)s1. The average molecular weight is 463 g/mol. The third-order valence-corrected chi connectivity index (χ3v) is 7.51. The van der Waals surface area contributed by atoms with E-state index in [9.17, 15) is 4.79 Å². The Morgan fingerprint density at radius 2 is 2.00 bits per heavy atom. The van der Waals surface area contributed by atoms with Gasteiger partial charge in [0.25, 0.3) is 0 Å². The van der Waals surface area contributed by atoms with E-state index in [-0.39, 0.29) is 17.4 Å². The van der Waals surface area contributed by atoms with Crippen LogP contribution >= 0.6 is 23.1 Å². The number of nitrogens with one attached hydrogen (secondary N) is 2. The van der Waals surface area contributed by atoms with Crippen LogP contribution in [-0.4, -0.2) is 47.7 Å². The molecule has 8 heteroatoms. The number of rotatable bonds is 9. The number of nitrogens with zero attached hydrogens (tertiary/aromatic N) is 2. The molecule has 0 saturated carbocycles. The number of benzene rings is 1. The van der Waals surface area contributed by atoms with Crippen LogP contribution in [0.1, 0.15) is 55.9 Å². The summed E-state index contributed by atoms with van der Waals surface area (Å²) in [6.07, 6.45) is 3.32. The van der Waals surface area contributed by atoms with E-state index in [1.165, 1.54) is 45.4 Å². The predicted octanol–water partition coefficient (Wildman–Crippen LogP) is 4.49. The van der Waals surface area contributed by atoms with E-state index in [2.05, 4.69) is 67.6 Å². The lowest BCUT2D eigenvalue weighted by Crippen LogP contribution is -2.27. The summed E-state index contributed by atoms with van der Waals surface area (Å²) in [6.45, 7) is 13.3. The molecule has 2 N–H and O–H groups in total. The molecule has 1 saturated heterocycles. The van der Waals surface area contributed by atoms with Crippen LogP contribution in [0.15, 0.2) is 16.5 Å². The van der Waals surface area contributed by atoms with Gasteiger partial charge in [0.1, 0.15) is 0 Å². The van der Waals surface area contributed by atoms with Gasteiger partial charge in [-0.2, -0.15) is 0 Å². The Morgan fingerprint density at radius 1 is 1.26 bits per heavy atom. The molecule has 1 fully saturated rings. The van der Waals surface area contributed by atoms with Gasteiger partial charge < -0.3 is 15.4 Å². The number of anilines is 1. The van der Waals surface area contributed by atoms with Crippen molar-refractivity contribution < 1.29 is 9.53 Å². The summed E-state index contributed by atoms with van der Waals surface area (Å²) < 4.78 is 6.40. The number of aromatic nitrogens is 2. The number of hydrogen-bond donors (Lipinski definition) is 2. The first kappa shape index (κ1) is 24.0. The summed E-state index contributed by atoms with van der Waals surface area (Å²) in [6, 6.07) is 4.56. The zero-order chi connectivity index (χ0) is 22.4. The third-order valence-electron chi connectivity index (χ3n) is 5.50. The number of hydrogen-bond acceptors (Lipinski definition) is 7. The van der Waals surface area contributed by atoms with Gasteiger partial charge in [-0.15, -0.1) is 10.2 Å².